The summed E-state index contributed by atoms with van der Waals surface area (Å²) < 4.78 is 6.26. The average Bonchev–Trinajstić information content (AvgIpc) is 3.70. The molecule has 0 unspecified atom stereocenters. The molecule has 0 fully saturated rings. The normalized spacial score (nSPS) is 13.0. The minimum atomic E-state index is -0.128. The van der Waals surface area contributed by atoms with Crippen molar-refractivity contribution in [2.24, 2.45) is 0 Å². The maximum atomic E-state index is 6.26. The summed E-state index contributed by atoms with van der Waals surface area (Å²) in [7, 11) is 0. The van der Waals surface area contributed by atoms with E-state index in [-0.39, 0.29) is 5.41 Å². The van der Waals surface area contributed by atoms with Crippen LogP contribution in [0.5, 0.6) is 0 Å². The molecule has 2 heterocycles. The van der Waals surface area contributed by atoms with Crippen LogP contribution >= 0.6 is 0 Å². The summed E-state index contributed by atoms with van der Waals surface area (Å²) in [5.74, 6) is 1.97. The molecule has 0 atom stereocenters. The monoisotopic (exact) mass is 667 g/mol. The van der Waals surface area contributed by atoms with Gasteiger partial charge >= 0.3 is 0 Å². The summed E-state index contributed by atoms with van der Waals surface area (Å²) in [5.41, 5.74) is 14.6. The Morgan fingerprint density at radius 2 is 0.885 bits per heavy atom. The maximum Gasteiger partial charge on any atom is 0.164 e. The van der Waals surface area contributed by atoms with Crippen LogP contribution in [0.1, 0.15) is 25.0 Å². The third-order valence-electron chi connectivity index (χ3n) is 10.6. The Balaban J connectivity index is 0.964. The third-order valence-corrected chi connectivity index (χ3v) is 10.6. The summed E-state index contributed by atoms with van der Waals surface area (Å²) in [5, 5.41) is 2.39. The van der Waals surface area contributed by atoms with Gasteiger partial charge in [0.05, 0.1) is 0 Å². The molecule has 0 bridgehead atoms. The van der Waals surface area contributed by atoms with Crippen LogP contribution < -0.4 is 0 Å². The van der Waals surface area contributed by atoms with E-state index in [0.717, 1.165) is 39.0 Å². The van der Waals surface area contributed by atoms with E-state index in [1.54, 1.807) is 0 Å². The van der Waals surface area contributed by atoms with Crippen molar-refractivity contribution < 1.29 is 4.42 Å². The first kappa shape index (κ1) is 30.2. The van der Waals surface area contributed by atoms with Crippen LogP contribution in [-0.2, 0) is 5.41 Å². The number of aromatic nitrogens is 3. The number of nitrogens with zero attached hydrogens (tertiary/aromatic N) is 3. The lowest BCUT2D eigenvalue weighted by molar-refractivity contribution is 0.657. The predicted molar refractivity (Wildman–Crippen MR) is 212 cm³/mol. The lowest BCUT2D eigenvalue weighted by Crippen LogP contribution is -2.14. The first-order valence-electron chi connectivity index (χ1n) is 17.7. The summed E-state index contributed by atoms with van der Waals surface area (Å²) >= 11 is 0. The molecule has 1 aliphatic carbocycles. The first-order valence-corrected chi connectivity index (χ1v) is 17.7. The summed E-state index contributed by atoms with van der Waals surface area (Å²) in [6.45, 7) is 4.68. The number of benzene rings is 7. The molecular weight excluding hydrogens is 635 g/mol. The van der Waals surface area contributed by atoms with E-state index >= 15 is 0 Å². The van der Waals surface area contributed by atoms with Crippen molar-refractivity contribution in [3.05, 3.63) is 175 Å². The van der Waals surface area contributed by atoms with Crippen LogP contribution in [0.25, 0.3) is 89.5 Å². The lowest BCUT2D eigenvalue weighted by Gasteiger charge is -2.22. The number of hydrogen-bond acceptors (Lipinski definition) is 4. The topological polar surface area (TPSA) is 51.8 Å². The van der Waals surface area contributed by atoms with Gasteiger partial charge in [0.25, 0.3) is 0 Å². The fourth-order valence-corrected chi connectivity index (χ4v) is 7.83. The average molecular weight is 668 g/mol. The second kappa shape index (κ2) is 11.7. The number of para-hydroxylation sites is 1. The molecule has 0 radical (unpaired) electrons. The van der Waals surface area contributed by atoms with E-state index < -0.39 is 0 Å². The fraction of sp³-hybridized carbons (Fsp3) is 0.0625. The Kier molecular flexibility index (Phi) is 6.80. The van der Waals surface area contributed by atoms with Gasteiger partial charge in [0.15, 0.2) is 17.5 Å². The van der Waals surface area contributed by atoms with E-state index in [9.17, 15) is 0 Å². The van der Waals surface area contributed by atoms with E-state index in [4.69, 9.17) is 19.4 Å². The molecule has 9 aromatic rings. The molecule has 7 aromatic carbocycles. The van der Waals surface area contributed by atoms with E-state index in [2.05, 4.69) is 111 Å². The quantitative estimate of drug-likeness (QED) is 0.183. The minimum absolute atomic E-state index is 0.128. The molecule has 0 aliphatic heterocycles. The van der Waals surface area contributed by atoms with Crippen molar-refractivity contribution in [2.75, 3.05) is 0 Å². The second-order valence-corrected chi connectivity index (χ2v) is 14.0. The van der Waals surface area contributed by atoms with Gasteiger partial charge in [0.2, 0.25) is 0 Å². The van der Waals surface area contributed by atoms with Gasteiger partial charge in [-0.05, 0) is 62.7 Å². The summed E-state index contributed by atoms with van der Waals surface area (Å²) in [6, 6.07) is 57.2. The molecule has 4 heteroatoms. The van der Waals surface area contributed by atoms with Crippen LogP contribution in [0, 0.1) is 0 Å². The SMILES string of the molecule is CC1(C)c2cc(-c3ccc(-c4ccc(-c5nc(-c6ccccc6)nc(-c6ccccc6)n5)cc4)cc3)ccc2-c2c1ccc1oc3ccccc3c21. The standard InChI is InChI=1S/C48H33N3O/c1-48(2)39-27-28-42-44(38-15-9-10-16-41(38)52-42)43(39)37-26-25-36(29-40(37)48)32-19-17-30(18-20-32)31-21-23-35(24-22-31)47-50-45(33-11-5-3-6-12-33)49-46(51-47)34-13-7-4-8-14-34/h3-29H,1-2H3. The molecule has 1 aliphatic rings. The van der Waals surface area contributed by atoms with Gasteiger partial charge in [-0.1, -0.05) is 159 Å². The molecule has 52 heavy (non-hydrogen) atoms. The Morgan fingerprint density at radius 1 is 0.404 bits per heavy atom. The molecule has 0 N–H and O–H groups in total. The van der Waals surface area contributed by atoms with E-state index in [0.29, 0.717) is 17.5 Å². The van der Waals surface area contributed by atoms with E-state index in [1.807, 2.05) is 66.7 Å². The zero-order valence-electron chi connectivity index (χ0n) is 28.8. The van der Waals surface area contributed by atoms with Crippen LogP contribution in [0.2, 0.25) is 0 Å². The first-order chi connectivity index (χ1) is 25.5. The summed E-state index contributed by atoms with van der Waals surface area (Å²) in [4.78, 5) is 14.6. The molecule has 4 nitrogen and oxygen atoms in total. The van der Waals surface area contributed by atoms with Crippen molar-refractivity contribution in [1.29, 1.82) is 0 Å². The van der Waals surface area contributed by atoms with Crippen LogP contribution in [0.15, 0.2) is 168 Å². The van der Waals surface area contributed by atoms with Crippen molar-refractivity contribution in [1.82, 2.24) is 15.0 Å². The molecule has 0 spiro atoms. The van der Waals surface area contributed by atoms with Crippen molar-refractivity contribution in [3.63, 3.8) is 0 Å². The number of furan rings is 1. The van der Waals surface area contributed by atoms with Gasteiger partial charge in [-0.15, -0.1) is 0 Å². The van der Waals surface area contributed by atoms with Gasteiger partial charge in [0.1, 0.15) is 11.2 Å². The smallest absolute Gasteiger partial charge is 0.164 e. The summed E-state index contributed by atoms with van der Waals surface area (Å²) in [6.07, 6.45) is 0. The molecule has 0 saturated carbocycles. The van der Waals surface area contributed by atoms with Crippen molar-refractivity contribution in [3.8, 4) is 67.5 Å². The lowest BCUT2D eigenvalue weighted by atomic mass is 9.81. The highest BCUT2D eigenvalue weighted by molar-refractivity contribution is 6.15. The largest absolute Gasteiger partial charge is 0.456 e. The fourth-order valence-electron chi connectivity index (χ4n) is 7.83. The zero-order valence-corrected chi connectivity index (χ0v) is 28.8. The van der Waals surface area contributed by atoms with Crippen LogP contribution in [0.4, 0.5) is 0 Å². The van der Waals surface area contributed by atoms with Crippen molar-refractivity contribution in [2.45, 2.75) is 19.3 Å². The maximum absolute atomic E-state index is 6.26. The Morgan fingerprint density at radius 3 is 1.48 bits per heavy atom. The zero-order chi connectivity index (χ0) is 34.8. The molecule has 2 aromatic heterocycles. The predicted octanol–water partition coefficient (Wildman–Crippen LogP) is 12.4. The Labute approximate surface area is 302 Å². The van der Waals surface area contributed by atoms with E-state index in [1.165, 1.54) is 44.2 Å². The third kappa shape index (κ3) is 4.87. The van der Waals surface area contributed by atoms with Gasteiger partial charge in [-0.25, -0.2) is 15.0 Å². The van der Waals surface area contributed by atoms with Crippen LogP contribution in [-0.4, -0.2) is 15.0 Å². The number of hydrogen-bond donors (Lipinski definition) is 0. The second-order valence-electron chi connectivity index (χ2n) is 14.0. The number of rotatable bonds is 5. The molecule has 0 saturated heterocycles. The van der Waals surface area contributed by atoms with Gasteiger partial charge in [0, 0.05) is 32.9 Å². The highest BCUT2D eigenvalue weighted by atomic mass is 16.3. The Hall–Kier alpha value is -6.65. The Bertz CT molecular complexity index is 2720. The molecule has 10 rings (SSSR count). The number of fused-ring (bicyclic) bond motifs is 7. The van der Waals surface area contributed by atoms with Crippen molar-refractivity contribution >= 4 is 21.9 Å². The molecule has 0 amide bonds. The molecule has 246 valence electrons. The molecular formula is C48H33N3O. The van der Waals surface area contributed by atoms with Gasteiger partial charge in [-0.3, -0.25) is 0 Å². The highest BCUT2D eigenvalue weighted by Crippen LogP contribution is 2.53. The van der Waals surface area contributed by atoms with Gasteiger partial charge in [-0.2, -0.15) is 0 Å². The van der Waals surface area contributed by atoms with Gasteiger partial charge < -0.3 is 4.42 Å². The van der Waals surface area contributed by atoms with Crippen LogP contribution in [0.3, 0.4) is 0 Å². The minimum Gasteiger partial charge on any atom is -0.456 e. The highest BCUT2D eigenvalue weighted by Gasteiger charge is 2.37.